The number of phosphoric ester groups is 2. The van der Waals surface area contributed by atoms with Crippen LogP contribution < -0.4 is 0 Å². The van der Waals surface area contributed by atoms with Crippen LogP contribution in [0.2, 0.25) is 0 Å². The molecule has 0 aromatic heterocycles. The topological polar surface area (TPSA) is 237 Å². The Morgan fingerprint density at radius 2 is 0.472 bits per heavy atom. The van der Waals surface area contributed by atoms with E-state index in [0.717, 1.165) is 108 Å². The molecule has 0 aromatic rings. The maximum absolute atomic E-state index is 13.2. The smallest absolute Gasteiger partial charge is 0.462 e. The van der Waals surface area contributed by atoms with Gasteiger partial charge in [-0.25, -0.2) is 9.13 Å². The molecule has 0 aromatic carbocycles. The molecule has 3 N–H and O–H groups in total. The summed E-state index contributed by atoms with van der Waals surface area (Å²) < 4.78 is 68.9. The molecule has 0 saturated carbocycles. The molecule has 0 aliphatic rings. The van der Waals surface area contributed by atoms with Crippen LogP contribution in [-0.2, 0) is 65.4 Å². The highest BCUT2D eigenvalue weighted by Crippen LogP contribution is 2.45. The fourth-order valence-electron chi connectivity index (χ4n) is 13.9. The fourth-order valence-corrected chi connectivity index (χ4v) is 15.5. The molecule has 108 heavy (non-hydrogen) atoms. The van der Waals surface area contributed by atoms with Gasteiger partial charge in [-0.2, -0.15) is 0 Å². The van der Waals surface area contributed by atoms with Gasteiger partial charge >= 0.3 is 39.5 Å². The normalized spacial score (nSPS) is 14.0. The highest BCUT2D eigenvalue weighted by Gasteiger charge is 2.31. The molecular weight excluding hydrogens is 1400 g/mol. The first-order valence-electron chi connectivity index (χ1n) is 46.0. The number of esters is 4. The third kappa shape index (κ3) is 80.7. The summed E-state index contributed by atoms with van der Waals surface area (Å²) >= 11 is 0. The first kappa shape index (κ1) is 106. The Morgan fingerprint density at radius 1 is 0.269 bits per heavy atom. The van der Waals surface area contributed by atoms with Crippen molar-refractivity contribution < 1.29 is 80.2 Å². The second kappa shape index (κ2) is 80.3. The van der Waals surface area contributed by atoms with Crippen molar-refractivity contribution in [1.29, 1.82) is 0 Å². The number of aliphatic hydroxyl groups excluding tert-OH is 1. The van der Waals surface area contributed by atoms with Gasteiger partial charge in [-0.3, -0.25) is 37.3 Å². The Morgan fingerprint density at radius 3 is 0.704 bits per heavy atom. The van der Waals surface area contributed by atoms with Gasteiger partial charge in [-0.15, -0.1) is 0 Å². The van der Waals surface area contributed by atoms with Gasteiger partial charge in [0, 0.05) is 25.7 Å². The van der Waals surface area contributed by atoms with Crippen molar-refractivity contribution in [2.24, 2.45) is 11.8 Å². The van der Waals surface area contributed by atoms with Gasteiger partial charge < -0.3 is 33.8 Å². The average molecular weight is 1580 g/mol. The minimum Gasteiger partial charge on any atom is -0.462 e. The molecule has 3 unspecified atom stereocenters. The van der Waals surface area contributed by atoms with E-state index in [0.29, 0.717) is 25.7 Å². The Kier molecular flexibility index (Phi) is 78.8. The molecule has 0 amide bonds. The van der Waals surface area contributed by atoms with Crippen molar-refractivity contribution in [3.05, 3.63) is 0 Å². The lowest BCUT2D eigenvalue weighted by Gasteiger charge is -2.21. The van der Waals surface area contributed by atoms with E-state index < -0.39 is 97.5 Å². The van der Waals surface area contributed by atoms with Crippen LogP contribution in [0.5, 0.6) is 0 Å². The number of hydrogen-bond donors (Lipinski definition) is 3. The van der Waals surface area contributed by atoms with Crippen molar-refractivity contribution in [2.45, 2.75) is 496 Å². The Bertz CT molecular complexity index is 2070. The predicted octanol–water partition coefficient (Wildman–Crippen LogP) is 27.4. The highest BCUT2D eigenvalue weighted by atomic mass is 31.2. The van der Waals surface area contributed by atoms with Crippen LogP contribution in [-0.4, -0.2) is 96.7 Å². The standard InChI is InChI=1S/C89H174O17P2/c1-7-10-12-14-16-18-20-22-24-26-28-30-32-34-36-38-40-44-48-52-59-65-71-86(91)99-77-84(105-88(93)73-67-61-53-49-45-41-39-37-35-33-31-29-27-25-23-21-19-17-15-13-11-8-2)79-103-107(95,96)101-75-83(90)76-102-108(97,98)104-80-85(78-100-87(92)72-66-60-56-55-58-64-70-82(6)9-3)106-89(94)74-68-62-54-50-46-42-43-47-51-57-63-69-81(4)5/h81-85,90H,7-80H2,1-6H3,(H,95,96)(H,97,98)/t82?,83-,84-,85-/m1/s1. The van der Waals surface area contributed by atoms with Gasteiger partial charge in [0.15, 0.2) is 12.2 Å². The quantitative estimate of drug-likeness (QED) is 0.0222. The van der Waals surface area contributed by atoms with Gasteiger partial charge in [0.1, 0.15) is 19.3 Å². The second-order valence-corrected chi connectivity index (χ2v) is 35.6. The van der Waals surface area contributed by atoms with Crippen molar-refractivity contribution in [2.75, 3.05) is 39.6 Å². The second-order valence-electron chi connectivity index (χ2n) is 32.7. The molecular formula is C89H174O17P2. The molecule has 19 heteroatoms. The van der Waals surface area contributed by atoms with Crippen molar-refractivity contribution >= 4 is 39.5 Å². The predicted molar refractivity (Wildman–Crippen MR) is 446 cm³/mol. The first-order chi connectivity index (χ1) is 52.4. The summed E-state index contributed by atoms with van der Waals surface area (Å²) in [5, 5.41) is 10.7. The zero-order valence-electron chi connectivity index (χ0n) is 71.2. The first-order valence-corrected chi connectivity index (χ1v) is 49.0. The number of ether oxygens (including phenoxy) is 4. The fraction of sp³-hybridized carbons (Fsp3) is 0.955. The van der Waals surface area contributed by atoms with Crippen LogP contribution in [0.3, 0.4) is 0 Å². The van der Waals surface area contributed by atoms with Crippen LogP contribution in [0.25, 0.3) is 0 Å². The van der Waals surface area contributed by atoms with Crippen LogP contribution in [0.4, 0.5) is 0 Å². The monoisotopic (exact) mass is 1580 g/mol. The van der Waals surface area contributed by atoms with E-state index in [1.807, 2.05) is 0 Å². The Labute approximate surface area is 664 Å². The molecule has 0 radical (unpaired) electrons. The number of unbranched alkanes of at least 4 members (excludes halogenated alkanes) is 57. The van der Waals surface area contributed by atoms with E-state index in [9.17, 15) is 43.2 Å². The SMILES string of the molecule is CCCCCCCCCCCCCCCCCCCCCCCCC(=O)OC[C@H](COP(=O)(O)OC[C@@H](O)COP(=O)(O)OC[C@@H](COC(=O)CCCCCCCCC(C)CC)OC(=O)CCCCCCCCCCCCCC(C)C)OC(=O)CCCCCCCCCCCCCCCCCCCCCCCC. The molecule has 0 bridgehead atoms. The van der Waals surface area contributed by atoms with Crippen molar-refractivity contribution in [1.82, 2.24) is 0 Å². The molecule has 0 heterocycles. The number of phosphoric acid groups is 2. The van der Waals surface area contributed by atoms with Crippen LogP contribution >= 0.6 is 15.6 Å². The van der Waals surface area contributed by atoms with E-state index in [1.54, 1.807) is 0 Å². The van der Waals surface area contributed by atoms with Crippen LogP contribution in [0.15, 0.2) is 0 Å². The maximum Gasteiger partial charge on any atom is 0.472 e. The number of aliphatic hydroxyl groups is 1. The third-order valence-corrected chi connectivity index (χ3v) is 23.2. The summed E-state index contributed by atoms with van der Waals surface area (Å²) in [6.07, 6.45) is 74.0. The molecule has 0 spiro atoms. The van der Waals surface area contributed by atoms with Gasteiger partial charge in [0.25, 0.3) is 0 Å². The van der Waals surface area contributed by atoms with E-state index in [2.05, 4.69) is 41.5 Å². The van der Waals surface area contributed by atoms with Crippen LogP contribution in [0.1, 0.15) is 478 Å². The number of carbonyl (C=O) groups is 4. The largest absolute Gasteiger partial charge is 0.472 e. The number of hydrogen-bond acceptors (Lipinski definition) is 15. The highest BCUT2D eigenvalue weighted by molar-refractivity contribution is 7.47. The zero-order chi connectivity index (χ0) is 79.2. The average Bonchev–Trinajstić information content (AvgIpc) is 0.902. The summed E-state index contributed by atoms with van der Waals surface area (Å²) in [5.74, 6) is -0.607. The van der Waals surface area contributed by atoms with E-state index >= 15 is 0 Å². The summed E-state index contributed by atoms with van der Waals surface area (Å²) in [7, 11) is -9.93. The maximum atomic E-state index is 13.2. The van der Waals surface area contributed by atoms with Gasteiger partial charge in [-0.1, -0.05) is 427 Å². The minimum atomic E-state index is -4.97. The van der Waals surface area contributed by atoms with E-state index in [4.69, 9.17) is 37.0 Å². The molecule has 17 nitrogen and oxygen atoms in total. The molecule has 0 aliphatic heterocycles. The van der Waals surface area contributed by atoms with Crippen LogP contribution in [0, 0.1) is 11.8 Å². The summed E-state index contributed by atoms with van der Waals surface area (Å²) in [4.78, 5) is 73.3. The Hall–Kier alpha value is -1.94. The lowest BCUT2D eigenvalue weighted by Crippen LogP contribution is -2.30. The molecule has 0 aliphatic carbocycles. The molecule has 0 saturated heterocycles. The lowest BCUT2D eigenvalue weighted by atomic mass is 10.00. The zero-order valence-corrected chi connectivity index (χ0v) is 73.0. The molecule has 0 fully saturated rings. The van der Waals surface area contributed by atoms with Gasteiger partial charge in [-0.05, 0) is 37.5 Å². The number of carbonyl (C=O) groups excluding carboxylic acids is 4. The summed E-state index contributed by atoms with van der Waals surface area (Å²) in [6, 6.07) is 0. The molecule has 0 rings (SSSR count). The lowest BCUT2D eigenvalue weighted by molar-refractivity contribution is -0.161. The number of rotatable bonds is 88. The molecule has 642 valence electrons. The minimum absolute atomic E-state index is 0.106. The van der Waals surface area contributed by atoms with E-state index in [1.165, 1.54) is 289 Å². The van der Waals surface area contributed by atoms with Crippen molar-refractivity contribution in [3.8, 4) is 0 Å². The summed E-state index contributed by atoms with van der Waals surface area (Å²) in [6.45, 7) is 9.63. The van der Waals surface area contributed by atoms with E-state index in [-0.39, 0.29) is 25.7 Å². The van der Waals surface area contributed by atoms with Crippen molar-refractivity contribution in [3.63, 3.8) is 0 Å². The van der Waals surface area contributed by atoms with Gasteiger partial charge in [0.2, 0.25) is 0 Å². The summed E-state index contributed by atoms with van der Waals surface area (Å²) in [5.41, 5.74) is 0. The van der Waals surface area contributed by atoms with Gasteiger partial charge in [0.05, 0.1) is 26.4 Å². The Balaban J connectivity index is 5.20. The third-order valence-electron chi connectivity index (χ3n) is 21.3. The molecule has 6 atom stereocenters.